The molecule has 4 rings (SSSR count). The molecule has 1 aliphatic heterocycles. The van der Waals surface area contributed by atoms with Gasteiger partial charge in [0.1, 0.15) is 11.6 Å². The van der Waals surface area contributed by atoms with E-state index in [1.807, 2.05) is 0 Å². The van der Waals surface area contributed by atoms with Crippen molar-refractivity contribution in [3.05, 3.63) is 95.1 Å². The number of hydrogen-bond donors (Lipinski definition) is 1. The number of hydrogen-bond acceptors (Lipinski definition) is 6. The number of halogens is 1. The lowest BCUT2D eigenvalue weighted by atomic mass is 9.95. The van der Waals surface area contributed by atoms with E-state index in [4.69, 9.17) is 9.47 Å². The fraction of sp³-hybridized carbons (Fsp3) is 0.160. The van der Waals surface area contributed by atoms with E-state index in [9.17, 15) is 19.1 Å². The Kier molecular flexibility index (Phi) is 6.08. The van der Waals surface area contributed by atoms with Gasteiger partial charge in [-0.25, -0.2) is 4.39 Å². The lowest BCUT2D eigenvalue weighted by molar-refractivity contribution is -0.140. The second-order valence-electron chi connectivity index (χ2n) is 7.41. The predicted octanol–water partition coefficient (Wildman–Crippen LogP) is 3.86. The Hall–Kier alpha value is -4.20. The average Bonchev–Trinajstić information content (AvgIpc) is 3.09. The van der Waals surface area contributed by atoms with Crippen LogP contribution in [-0.2, 0) is 16.1 Å². The van der Waals surface area contributed by atoms with Gasteiger partial charge in [-0.1, -0.05) is 12.1 Å². The number of pyridine rings is 1. The van der Waals surface area contributed by atoms with Crippen molar-refractivity contribution in [2.24, 2.45) is 0 Å². The largest absolute Gasteiger partial charge is 0.507 e. The summed E-state index contributed by atoms with van der Waals surface area (Å²) in [6.45, 7) is 0.0949. The van der Waals surface area contributed by atoms with Crippen molar-refractivity contribution in [1.82, 2.24) is 9.88 Å². The number of rotatable bonds is 6. The zero-order valence-electron chi connectivity index (χ0n) is 18.0. The fourth-order valence-electron chi connectivity index (χ4n) is 3.86. The smallest absolute Gasteiger partial charge is 0.295 e. The molecule has 1 aliphatic rings. The number of benzene rings is 2. The Morgan fingerprint density at radius 2 is 1.79 bits per heavy atom. The first-order valence-electron chi connectivity index (χ1n) is 10.1. The summed E-state index contributed by atoms with van der Waals surface area (Å²) in [6.07, 6.45) is 3.21. The maximum atomic E-state index is 13.4. The highest BCUT2D eigenvalue weighted by molar-refractivity contribution is 6.46. The van der Waals surface area contributed by atoms with Gasteiger partial charge in [0.05, 0.1) is 25.8 Å². The van der Waals surface area contributed by atoms with E-state index < -0.39 is 23.5 Å². The van der Waals surface area contributed by atoms with Crippen LogP contribution >= 0.6 is 0 Å². The second kappa shape index (κ2) is 9.12. The van der Waals surface area contributed by atoms with Crippen molar-refractivity contribution in [3.8, 4) is 11.5 Å². The van der Waals surface area contributed by atoms with Gasteiger partial charge in [0, 0.05) is 24.5 Å². The molecule has 0 saturated carbocycles. The summed E-state index contributed by atoms with van der Waals surface area (Å²) < 4.78 is 24.1. The van der Waals surface area contributed by atoms with Crippen molar-refractivity contribution in [2.45, 2.75) is 12.6 Å². The molecule has 0 radical (unpaired) electrons. The Balaban J connectivity index is 1.89. The lowest BCUT2D eigenvalue weighted by Gasteiger charge is -2.26. The van der Waals surface area contributed by atoms with E-state index in [-0.39, 0.29) is 23.4 Å². The highest BCUT2D eigenvalue weighted by atomic mass is 19.1. The summed E-state index contributed by atoms with van der Waals surface area (Å²) in [7, 11) is 2.98. The Morgan fingerprint density at radius 1 is 1.06 bits per heavy atom. The molecule has 1 aromatic heterocycles. The number of aromatic nitrogens is 1. The summed E-state index contributed by atoms with van der Waals surface area (Å²) in [6, 6.07) is 12.7. The van der Waals surface area contributed by atoms with E-state index in [2.05, 4.69) is 4.98 Å². The number of Topliss-reactive ketones (excluding diaryl/α,β-unsaturated/α-hetero) is 1. The zero-order chi connectivity index (χ0) is 23.5. The predicted molar refractivity (Wildman–Crippen MR) is 118 cm³/mol. The van der Waals surface area contributed by atoms with Gasteiger partial charge in [-0.05, 0) is 53.6 Å². The van der Waals surface area contributed by atoms with E-state index in [1.54, 1.807) is 42.7 Å². The maximum Gasteiger partial charge on any atom is 0.295 e. The molecule has 7 nitrogen and oxygen atoms in total. The third-order valence-corrected chi connectivity index (χ3v) is 5.46. The van der Waals surface area contributed by atoms with Gasteiger partial charge < -0.3 is 19.5 Å². The van der Waals surface area contributed by atoms with Crippen LogP contribution in [0.1, 0.15) is 22.7 Å². The van der Waals surface area contributed by atoms with Crippen LogP contribution < -0.4 is 9.47 Å². The molecule has 168 valence electrons. The summed E-state index contributed by atoms with van der Waals surface area (Å²) >= 11 is 0. The minimum Gasteiger partial charge on any atom is -0.507 e. The first kappa shape index (κ1) is 22.0. The number of aliphatic hydroxyl groups excluding tert-OH is 1. The summed E-state index contributed by atoms with van der Waals surface area (Å²) in [5.74, 6) is -1.59. The summed E-state index contributed by atoms with van der Waals surface area (Å²) in [5.41, 5.74) is 1.38. The van der Waals surface area contributed by atoms with Crippen LogP contribution in [0.15, 0.2) is 72.6 Å². The van der Waals surface area contributed by atoms with Gasteiger partial charge in [-0.3, -0.25) is 14.6 Å². The van der Waals surface area contributed by atoms with Gasteiger partial charge in [0.15, 0.2) is 11.5 Å². The first-order valence-corrected chi connectivity index (χ1v) is 10.1. The lowest BCUT2D eigenvalue weighted by Crippen LogP contribution is -2.29. The van der Waals surface area contributed by atoms with Crippen LogP contribution in [0.4, 0.5) is 4.39 Å². The molecule has 8 heteroatoms. The van der Waals surface area contributed by atoms with Gasteiger partial charge in [-0.15, -0.1) is 0 Å². The third-order valence-electron chi connectivity index (χ3n) is 5.46. The van der Waals surface area contributed by atoms with Crippen LogP contribution in [0, 0.1) is 5.82 Å². The van der Waals surface area contributed by atoms with Crippen LogP contribution in [-0.4, -0.2) is 40.9 Å². The molecule has 1 amide bonds. The molecule has 0 aliphatic carbocycles. The number of ketones is 1. The van der Waals surface area contributed by atoms with Crippen LogP contribution in [0.25, 0.3) is 5.76 Å². The average molecular weight is 448 g/mol. The van der Waals surface area contributed by atoms with Crippen LogP contribution in [0.2, 0.25) is 0 Å². The quantitative estimate of drug-likeness (QED) is 0.350. The van der Waals surface area contributed by atoms with E-state index in [1.165, 1.54) is 43.4 Å². The maximum absolute atomic E-state index is 13.4. The standard InChI is InChI=1S/C25H21FN2O5/c1-32-19-10-7-17(12-20(19)33-2)22-21(23(29)16-5-8-18(26)9-6-16)24(30)25(31)28(22)14-15-4-3-11-27-13-15/h3-13,22,29H,14H2,1-2H3/b23-21+/t22-/m0/s1. The highest BCUT2D eigenvalue weighted by Crippen LogP contribution is 2.42. The molecular formula is C25H21FN2O5. The second-order valence-corrected chi connectivity index (χ2v) is 7.41. The van der Waals surface area contributed by atoms with Gasteiger partial charge in [0.25, 0.3) is 11.7 Å². The topological polar surface area (TPSA) is 89.0 Å². The molecule has 2 aromatic carbocycles. The number of amides is 1. The number of nitrogens with zero attached hydrogens (tertiary/aromatic N) is 2. The molecule has 33 heavy (non-hydrogen) atoms. The van der Waals surface area contributed by atoms with E-state index in [0.717, 1.165) is 0 Å². The molecule has 0 bridgehead atoms. The Bertz CT molecular complexity index is 1230. The van der Waals surface area contributed by atoms with E-state index in [0.29, 0.717) is 22.6 Å². The number of carbonyl (C=O) groups excluding carboxylic acids is 2. The number of likely N-dealkylation sites (tertiary alicyclic amines) is 1. The van der Waals surface area contributed by atoms with Gasteiger partial charge in [0.2, 0.25) is 0 Å². The van der Waals surface area contributed by atoms with Crippen LogP contribution in [0.5, 0.6) is 11.5 Å². The van der Waals surface area contributed by atoms with Crippen molar-refractivity contribution < 1.29 is 28.6 Å². The van der Waals surface area contributed by atoms with Crippen molar-refractivity contribution >= 4 is 17.4 Å². The fourth-order valence-corrected chi connectivity index (χ4v) is 3.86. The molecule has 0 spiro atoms. The minimum atomic E-state index is -0.907. The number of ether oxygens (including phenoxy) is 2. The first-order chi connectivity index (χ1) is 15.9. The molecular weight excluding hydrogens is 427 g/mol. The molecule has 0 unspecified atom stereocenters. The van der Waals surface area contributed by atoms with Gasteiger partial charge >= 0.3 is 0 Å². The Morgan fingerprint density at radius 3 is 2.42 bits per heavy atom. The molecule has 3 aromatic rings. The number of aliphatic hydroxyl groups is 1. The Labute approximate surface area is 189 Å². The van der Waals surface area contributed by atoms with Crippen molar-refractivity contribution in [3.63, 3.8) is 0 Å². The molecule has 1 fully saturated rings. The number of methoxy groups -OCH3 is 2. The monoisotopic (exact) mass is 448 g/mol. The third kappa shape index (κ3) is 4.15. The normalized spacial score (nSPS) is 17.3. The van der Waals surface area contributed by atoms with Crippen molar-refractivity contribution in [2.75, 3.05) is 14.2 Å². The van der Waals surface area contributed by atoms with Crippen molar-refractivity contribution in [1.29, 1.82) is 0 Å². The van der Waals surface area contributed by atoms with Gasteiger partial charge in [-0.2, -0.15) is 0 Å². The molecule has 2 heterocycles. The molecule has 1 atom stereocenters. The molecule has 1 N–H and O–H groups in total. The van der Waals surface area contributed by atoms with Crippen LogP contribution in [0.3, 0.4) is 0 Å². The zero-order valence-corrected chi connectivity index (χ0v) is 18.0. The summed E-state index contributed by atoms with van der Waals surface area (Å²) in [4.78, 5) is 31.6. The minimum absolute atomic E-state index is 0.0947. The highest BCUT2D eigenvalue weighted by Gasteiger charge is 2.46. The summed E-state index contributed by atoms with van der Waals surface area (Å²) in [5, 5.41) is 11.0. The number of carbonyl (C=O) groups is 2. The SMILES string of the molecule is COc1ccc([C@H]2/C(=C(\O)c3ccc(F)cc3)C(=O)C(=O)N2Cc2cccnc2)cc1OC. The molecule has 1 saturated heterocycles. The van der Waals surface area contributed by atoms with E-state index >= 15 is 0 Å².